The number of hydrogen-bond donors (Lipinski definition) is 2. The maximum Gasteiger partial charge on any atom is 0.224 e. The van der Waals surface area contributed by atoms with Gasteiger partial charge in [0.15, 0.2) is 0 Å². The van der Waals surface area contributed by atoms with Crippen LogP contribution in [0.4, 0.5) is 11.5 Å². The average Bonchev–Trinajstić information content (AvgIpc) is 2.82. The summed E-state index contributed by atoms with van der Waals surface area (Å²) < 4.78 is 0. The van der Waals surface area contributed by atoms with Crippen molar-refractivity contribution in [3.63, 3.8) is 0 Å². The van der Waals surface area contributed by atoms with E-state index in [0.29, 0.717) is 18.8 Å². The molecule has 1 aliphatic heterocycles. The summed E-state index contributed by atoms with van der Waals surface area (Å²) in [6.07, 6.45) is 4.46. The van der Waals surface area contributed by atoms with Crippen LogP contribution in [0.15, 0.2) is 18.3 Å². The van der Waals surface area contributed by atoms with Crippen molar-refractivity contribution in [3.8, 4) is 0 Å². The molecule has 92 valence electrons. The second-order valence-electron chi connectivity index (χ2n) is 4.23. The molecule has 0 aliphatic carbocycles. The normalized spacial score (nSPS) is 14.9. The lowest BCUT2D eigenvalue weighted by molar-refractivity contribution is -0.129. The Morgan fingerprint density at radius 1 is 1.47 bits per heavy atom. The van der Waals surface area contributed by atoms with Crippen LogP contribution >= 0.6 is 0 Å². The molecule has 17 heavy (non-hydrogen) atoms. The highest BCUT2D eigenvalue weighted by molar-refractivity contribution is 5.77. The topological polar surface area (TPSA) is 71.2 Å². The number of carbonyl (C=O) groups is 1. The Kier molecular flexibility index (Phi) is 3.80. The van der Waals surface area contributed by atoms with Crippen LogP contribution in [0.2, 0.25) is 0 Å². The van der Waals surface area contributed by atoms with Crippen LogP contribution in [0.3, 0.4) is 0 Å². The number of anilines is 2. The lowest BCUT2D eigenvalue weighted by atomic mass is 10.3. The van der Waals surface area contributed by atoms with E-state index in [1.807, 2.05) is 11.0 Å². The number of nitrogens with one attached hydrogen (secondary N) is 1. The third-order valence-electron chi connectivity index (χ3n) is 2.91. The minimum Gasteiger partial charge on any atom is -0.384 e. The fraction of sp³-hybridized carbons (Fsp3) is 0.500. The fourth-order valence-corrected chi connectivity index (χ4v) is 2.00. The third kappa shape index (κ3) is 3.34. The van der Waals surface area contributed by atoms with Crippen LogP contribution in [0, 0.1) is 0 Å². The molecule has 2 rings (SSSR count). The lowest BCUT2D eigenvalue weighted by Crippen LogP contribution is -2.29. The van der Waals surface area contributed by atoms with Gasteiger partial charge < -0.3 is 16.0 Å². The summed E-state index contributed by atoms with van der Waals surface area (Å²) in [5.74, 6) is 0.720. The van der Waals surface area contributed by atoms with Gasteiger partial charge in [0, 0.05) is 44.0 Å². The minimum absolute atomic E-state index is 0.233. The summed E-state index contributed by atoms with van der Waals surface area (Å²) >= 11 is 0. The van der Waals surface area contributed by atoms with Crippen molar-refractivity contribution in [2.24, 2.45) is 0 Å². The summed E-state index contributed by atoms with van der Waals surface area (Å²) in [7, 11) is 0. The molecule has 1 aromatic rings. The number of rotatable bonds is 4. The number of pyridine rings is 1. The standard InChI is InChI=1S/C12H18N4O/c13-11-9-10(3-5-15-11)14-6-4-12(17)16-7-1-2-8-16/h3,5,9H,1-2,4,6-8H2,(H3,13,14,15). The maximum absolute atomic E-state index is 11.8. The van der Waals surface area contributed by atoms with Gasteiger partial charge in [-0.25, -0.2) is 4.98 Å². The number of nitrogens with two attached hydrogens (primary N) is 1. The number of aromatic nitrogens is 1. The molecular weight excluding hydrogens is 216 g/mol. The quantitative estimate of drug-likeness (QED) is 0.818. The van der Waals surface area contributed by atoms with E-state index in [-0.39, 0.29) is 5.91 Å². The minimum atomic E-state index is 0.233. The van der Waals surface area contributed by atoms with Gasteiger partial charge in [-0.15, -0.1) is 0 Å². The molecule has 0 aromatic carbocycles. The van der Waals surface area contributed by atoms with E-state index < -0.39 is 0 Å². The number of nitrogen functional groups attached to an aromatic ring is 1. The van der Waals surface area contributed by atoms with Crippen molar-refractivity contribution < 1.29 is 4.79 Å². The van der Waals surface area contributed by atoms with Gasteiger partial charge in [-0.2, -0.15) is 0 Å². The average molecular weight is 234 g/mol. The first kappa shape index (κ1) is 11.7. The van der Waals surface area contributed by atoms with E-state index in [2.05, 4.69) is 10.3 Å². The predicted molar refractivity (Wildman–Crippen MR) is 67.6 cm³/mol. The maximum atomic E-state index is 11.8. The fourth-order valence-electron chi connectivity index (χ4n) is 2.00. The first-order chi connectivity index (χ1) is 8.25. The molecule has 1 aliphatic rings. The number of hydrogen-bond acceptors (Lipinski definition) is 4. The summed E-state index contributed by atoms with van der Waals surface area (Å²) in [5.41, 5.74) is 6.47. The van der Waals surface area contributed by atoms with Gasteiger partial charge in [-0.05, 0) is 18.9 Å². The Morgan fingerprint density at radius 2 is 2.24 bits per heavy atom. The second kappa shape index (κ2) is 5.52. The molecule has 0 bridgehead atoms. The van der Waals surface area contributed by atoms with Crippen LogP contribution in [-0.4, -0.2) is 35.4 Å². The Bertz CT molecular complexity index is 388. The molecule has 1 saturated heterocycles. The Morgan fingerprint density at radius 3 is 2.94 bits per heavy atom. The second-order valence-corrected chi connectivity index (χ2v) is 4.23. The summed E-state index contributed by atoms with van der Waals surface area (Å²) in [4.78, 5) is 17.6. The van der Waals surface area contributed by atoms with Gasteiger partial charge in [0.2, 0.25) is 5.91 Å². The van der Waals surface area contributed by atoms with Crippen LogP contribution in [0.25, 0.3) is 0 Å². The van der Waals surface area contributed by atoms with E-state index in [1.165, 1.54) is 0 Å². The zero-order valence-electron chi connectivity index (χ0n) is 9.85. The Hall–Kier alpha value is -1.78. The zero-order valence-corrected chi connectivity index (χ0v) is 9.85. The SMILES string of the molecule is Nc1cc(NCCC(=O)N2CCCC2)ccn1. The molecule has 1 fully saturated rings. The van der Waals surface area contributed by atoms with Gasteiger partial charge >= 0.3 is 0 Å². The molecule has 1 aromatic heterocycles. The van der Waals surface area contributed by atoms with Crippen molar-refractivity contribution in [2.75, 3.05) is 30.7 Å². The van der Waals surface area contributed by atoms with E-state index in [9.17, 15) is 4.79 Å². The van der Waals surface area contributed by atoms with Gasteiger partial charge in [-0.3, -0.25) is 4.79 Å². The van der Waals surface area contributed by atoms with Crippen LogP contribution in [0.5, 0.6) is 0 Å². The van der Waals surface area contributed by atoms with Crippen molar-refractivity contribution in [1.29, 1.82) is 0 Å². The number of amides is 1. The molecule has 3 N–H and O–H groups in total. The smallest absolute Gasteiger partial charge is 0.224 e. The zero-order chi connectivity index (χ0) is 12.1. The molecule has 0 atom stereocenters. The molecule has 0 saturated carbocycles. The Labute approximate surface area is 101 Å². The van der Waals surface area contributed by atoms with E-state index in [4.69, 9.17) is 5.73 Å². The van der Waals surface area contributed by atoms with E-state index in [0.717, 1.165) is 31.6 Å². The number of carbonyl (C=O) groups excluding carboxylic acids is 1. The monoisotopic (exact) mass is 234 g/mol. The van der Waals surface area contributed by atoms with E-state index >= 15 is 0 Å². The molecule has 0 unspecified atom stereocenters. The van der Waals surface area contributed by atoms with Crippen molar-refractivity contribution >= 4 is 17.4 Å². The molecular formula is C12H18N4O. The van der Waals surface area contributed by atoms with Gasteiger partial charge in [0.25, 0.3) is 0 Å². The number of nitrogens with zero attached hydrogens (tertiary/aromatic N) is 2. The first-order valence-electron chi connectivity index (χ1n) is 5.99. The van der Waals surface area contributed by atoms with Crippen molar-refractivity contribution in [1.82, 2.24) is 9.88 Å². The highest BCUT2D eigenvalue weighted by Gasteiger charge is 2.16. The molecule has 5 heteroatoms. The van der Waals surface area contributed by atoms with E-state index in [1.54, 1.807) is 12.3 Å². The van der Waals surface area contributed by atoms with Crippen LogP contribution < -0.4 is 11.1 Å². The molecule has 2 heterocycles. The highest BCUT2D eigenvalue weighted by atomic mass is 16.2. The van der Waals surface area contributed by atoms with Crippen LogP contribution in [0.1, 0.15) is 19.3 Å². The predicted octanol–water partition coefficient (Wildman–Crippen LogP) is 1.09. The van der Waals surface area contributed by atoms with Gasteiger partial charge in [0.05, 0.1) is 0 Å². The van der Waals surface area contributed by atoms with Crippen molar-refractivity contribution in [2.45, 2.75) is 19.3 Å². The van der Waals surface area contributed by atoms with Crippen LogP contribution in [-0.2, 0) is 4.79 Å². The molecule has 0 spiro atoms. The van der Waals surface area contributed by atoms with Gasteiger partial charge in [-0.1, -0.05) is 0 Å². The summed E-state index contributed by atoms with van der Waals surface area (Å²) in [6, 6.07) is 3.61. The highest BCUT2D eigenvalue weighted by Crippen LogP contribution is 2.11. The summed E-state index contributed by atoms with van der Waals surface area (Å²) in [6.45, 7) is 2.47. The summed E-state index contributed by atoms with van der Waals surface area (Å²) in [5, 5.41) is 3.17. The van der Waals surface area contributed by atoms with Crippen molar-refractivity contribution in [3.05, 3.63) is 18.3 Å². The van der Waals surface area contributed by atoms with Gasteiger partial charge in [0.1, 0.15) is 5.82 Å². The molecule has 5 nitrogen and oxygen atoms in total. The molecule has 1 amide bonds. The lowest BCUT2D eigenvalue weighted by Gasteiger charge is -2.15. The Balaban J connectivity index is 1.73. The number of likely N-dealkylation sites (tertiary alicyclic amines) is 1. The largest absolute Gasteiger partial charge is 0.384 e. The third-order valence-corrected chi connectivity index (χ3v) is 2.91. The molecule has 0 radical (unpaired) electrons. The first-order valence-corrected chi connectivity index (χ1v) is 5.99.